The summed E-state index contributed by atoms with van der Waals surface area (Å²) in [6, 6.07) is 8.23. The van der Waals surface area contributed by atoms with Gasteiger partial charge in [0.2, 0.25) is 0 Å². The van der Waals surface area contributed by atoms with E-state index < -0.39 is 0 Å². The van der Waals surface area contributed by atoms with Crippen LogP contribution in [0.15, 0.2) is 24.3 Å². The first kappa shape index (κ1) is 16.0. The van der Waals surface area contributed by atoms with E-state index in [1.807, 2.05) is 12.1 Å². The Morgan fingerprint density at radius 2 is 1.95 bits per heavy atom. The first-order chi connectivity index (χ1) is 10.3. The van der Waals surface area contributed by atoms with Crippen molar-refractivity contribution in [2.45, 2.75) is 25.2 Å². The van der Waals surface area contributed by atoms with Gasteiger partial charge < -0.3 is 14.6 Å². The van der Waals surface area contributed by atoms with Gasteiger partial charge in [-0.3, -0.25) is 4.90 Å². The van der Waals surface area contributed by atoms with Gasteiger partial charge in [-0.2, -0.15) is 0 Å². The van der Waals surface area contributed by atoms with Gasteiger partial charge in [-0.15, -0.1) is 0 Å². The number of ether oxygens (including phenoxy) is 2. The lowest BCUT2D eigenvalue weighted by atomic mass is 10.1. The third kappa shape index (κ3) is 4.55. The van der Waals surface area contributed by atoms with Crippen LogP contribution >= 0.6 is 0 Å². The molecule has 1 aromatic rings. The minimum atomic E-state index is 0.108. The van der Waals surface area contributed by atoms with E-state index in [0.29, 0.717) is 6.42 Å². The van der Waals surface area contributed by atoms with Crippen molar-refractivity contribution in [1.29, 1.82) is 0 Å². The Morgan fingerprint density at radius 3 is 2.57 bits per heavy atom. The number of aliphatic hydroxyl groups excluding tert-OH is 1. The molecule has 21 heavy (non-hydrogen) atoms. The van der Waals surface area contributed by atoms with E-state index in [2.05, 4.69) is 28.9 Å². The summed E-state index contributed by atoms with van der Waals surface area (Å²) in [5.41, 5.74) is 2.23. The zero-order valence-corrected chi connectivity index (χ0v) is 12.7. The molecule has 0 saturated carbocycles. The number of nitrogens with zero attached hydrogens (tertiary/aromatic N) is 1. The van der Waals surface area contributed by atoms with E-state index in [-0.39, 0.29) is 18.8 Å². The number of aliphatic hydroxyl groups is 1. The van der Waals surface area contributed by atoms with Crippen LogP contribution in [0.4, 0.5) is 0 Å². The van der Waals surface area contributed by atoms with Crippen LogP contribution in [-0.4, -0.2) is 56.1 Å². The molecule has 2 rings (SSSR count). The molecule has 0 bridgehead atoms. The van der Waals surface area contributed by atoms with E-state index in [4.69, 9.17) is 14.6 Å². The first-order valence-corrected chi connectivity index (χ1v) is 7.23. The molecule has 0 radical (unpaired) electrons. The lowest BCUT2D eigenvalue weighted by Crippen LogP contribution is -2.27. The molecule has 0 aromatic heterocycles. The summed E-state index contributed by atoms with van der Waals surface area (Å²) in [6.45, 7) is 2.75. The lowest BCUT2D eigenvalue weighted by molar-refractivity contribution is -0.00461. The Hall–Kier alpha value is -1.38. The molecular formula is C17H23NO3. The van der Waals surface area contributed by atoms with Gasteiger partial charge in [0.25, 0.3) is 0 Å². The lowest BCUT2D eigenvalue weighted by Gasteiger charge is -2.15. The molecule has 1 aliphatic heterocycles. The minimum Gasteiger partial charge on any atom is -0.395 e. The number of benzene rings is 1. The summed E-state index contributed by atoms with van der Waals surface area (Å²) in [5, 5.41) is 8.75. The van der Waals surface area contributed by atoms with E-state index in [1.54, 1.807) is 14.2 Å². The molecule has 4 heteroatoms. The largest absolute Gasteiger partial charge is 0.395 e. The normalized spacial score (nSPS) is 22.0. The van der Waals surface area contributed by atoms with Gasteiger partial charge in [-0.25, -0.2) is 0 Å². The minimum absolute atomic E-state index is 0.108. The summed E-state index contributed by atoms with van der Waals surface area (Å²) < 4.78 is 10.9. The van der Waals surface area contributed by atoms with Crippen LogP contribution in [0.25, 0.3) is 0 Å². The number of hydrogen-bond acceptors (Lipinski definition) is 4. The predicted octanol–water partition coefficient (Wildman–Crippen LogP) is 1.27. The van der Waals surface area contributed by atoms with E-state index >= 15 is 0 Å². The van der Waals surface area contributed by atoms with Crippen LogP contribution in [0.5, 0.6) is 0 Å². The van der Waals surface area contributed by atoms with Crippen molar-refractivity contribution in [3.63, 3.8) is 0 Å². The Morgan fingerprint density at radius 1 is 1.24 bits per heavy atom. The Kier molecular flexibility index (Phi) is 6.21. The van der Waals surface area contributed by atoms with Gasteiger partial charge in [0.05, 0.1) is 18.8 Å². The molecule has 0 spiro atoms. The topological polar surface area (TPSA) is 41.9 Å². The van der Waals surface area contributed by atoms with Crippen molar-refractivity contribution in [3.8, 4) is 11.8 Å². The fourth-order valence-corrected chi connectivity index (χ4v) is 2.63. The molecule has 114 valence electrons. The van der Waals surface area contributed by atoms with Crippen molar-refractivity contribution in [2.24, 2.45) is 0 Å². The van der Waals surface area contributed by atoms with Gasteiger partial charge in [-0.05, 0) is 17.7 Å². The molecular weight excluding hydrogens is 266 g/mol. The van der Waals surface area contributed by atoms with Crippen LogP contribution in [-0.2, 0) is 16.0 Å². The second-order valence-corrected chi connectivity index (χ2v) is 5.22. The summed E-state index contributed by atoms with van der Waals surface area (Å²) in [4.78, 5) is 2.34. The predicted molar refractivity (Wildman–Crippen MR) is 81.9 cm³/mol. The van der Waals surface area contributed by atoms with Crippen molar-refractivity contribution in [3.05, 3.63) is 35.4 Å². The Bertz CT molecular complexity index is 494. The number of likely N-dealkylation sites (tertiary alicyclic amines) is 1. The molecule has 0 aliphatic carbocycles. The fourth-order valence-electron chi connectivity index (χ4n) is 2.63. The Labute approximate surface area is 126 Å². The van der Waals surface area contributed by atoms with E-state index in [1.165, 1.54) is 5.56 Å². The van der Waals surface area contributed by atoms with E-state index in [0.717, 1.165) is 25.2 Å². The fraction of sp³-hybridized carbons (Fsp3) is 0.529. The number of methoxy groups -OCH3 is 2. The maximum absolute atomic E-state index is 8.75. The van der Waals surface area contributed by atoms with Crippen molar-refractivity contribution >= 4 is 0 Å². The first-order valence-electron chi connectivity index (χ1n) is 7.23. The summed E-state index contributed by atoms with van der Waals surface area (Å²) in [5.74, 6) is 6.02. The van der Waals surface area contributed by atoms with Gasteiger partial charge in [-0.1, -0.05) is 24.0 Å². The van der Waals surface area contributed by atoms with Gasteiger partial charge in [0.1, 0.15) is 0 Å². The molecule has 4 nitrogen and oxygen atoms in total. The molecule has 1 fully saturated rings. The molecule has 1 aliphatic rings. The standard InChI is InChI=1S/C17H23NO3/c1-20-16-12-18(13-17(16)21-2)11-15-8-5-7-14(10-15)6-3-4-9-19/h5,7-8,10,16-17,19H,4,9,11-13H2,1-2H3. The van der Waals surface area contributed by atoms with Gasteiger partial charge >= 0.3 is 0 Å². The zero-order valence-electron chi connectivity index (χ0n) is 12.7. The second-order valence-electron chi connectivity index (χ2n) is 5.22. The number of hydrogen-bond donors (Lipinski definition) is 1. The molecule has 1 aromatic carbocycles. The summed E-state index contributed by atoms with van der Waals surface area (Å²) in [6.07, 6.45) is 0.798. The summed E-state index contributed by atoms with van der Waals surface area (Å²) in [7, 11) is 3.47. The monoisotopic (exact) mass is 289 g/mol. The van der Waals surface area contributed by atoms with Crippen molar-refractivity contribution in [2.75, 3.05) is 33.9 Å². The van der Waals surface area contributed by atoms with Crippen molar-refractivity contribution < 1.29 is 14.6 Å². The molecule has 1 N–H and O–H groups in total. The average molecular weight is 289 g/mol. The quantitative estimate of drug-likeness (QED) is 0.829. The smallest absolute Gasteiger partial charge is 0.0971 e. The number of rotatable bonds is 5. The van der Waals surface area contributed by atoms with Crippen LogP contribution in [0.3, 0.4) is 0 Å². The Balaban J connectivity index is 1.98. The maximum atomic E-state index is 8.75. The summed E-state index contributed by atoms with van der Waals surface area (Å²) >= 11 is 0. The third-order valence-electron chi connectivity index (χ3n) is 3.70. The third-order valence-corrected chi connectivity index (χ3v) is 3.70. The molecule has 1 heterocycles. The van der Waals surface area contributed by atoms with Crippen LogP contribution < -0.4 is 0 Å². The molecule has 1 saturated heterocycles. The van der Waals surface area contributed by atoms with Gasteiger partial charge in [0, 0.05) is 45.8 Å². The SMILES string of the molecule is COC1CN(Cc2cccc(C#CCCO)c2)CC1OC. The van der Waals surface area contributed by atoms with Crippen LogP contribution in [0.2, 0.25) is 0 Å². The second kappa shape index (κ2) is 8.16. The van der Waals surface area contributed by atoms with Crippen molar-refractivity contribution in [1.82, 2.24) is 4.90 Å². The molecule has 2 unspecified atom stereocenters. The zero-order chi connectivity index (χ0) is 15.1. The van der Waals surface area contributed by atoms with Crippen LogP contribution in [0, 0.1) is 11.8 Å². The van der Waals surface area contributed by atoms with Crippen LogP contribution in [0.1, 0.15) is 17.5 Å². The highest BCUT2D eigenvalue weighted by Gasteiger charge is 2.32. The average Bonchev–Trinajstić information content (AvgIpc) is 2.90. The highest BCUT2D eigenvalue weighted by Crippen LogP contribution is 2.18. The molecule has 0 amide bonds. The van der Waals surface area contributed by atoms with E-state index in [9.17, 15) is 0 Å². The molecule has 2 atom stereocenters. The van der Waals surface area contributed by atoms with Gasteiger partial charge in [0.15, 0.2) is 0 Å². The highest BCUT2D eigenvalue weighted by atomic mass is 16.5. The highest BCUT2D eigenvalue weighted by molar-refractivity contribution is 5.37. The maximum Gasteiger partial charge on any atom is 0.0971 e.